The summed E-state index contributed by atoms with van der Waals surface area (Å²) in [6, 6.07) is 19.6. The first kappa shape index (κ1) is 28.2. The van der Waals surface area contributed by atoms with Gasteiger partial charge in [-0.2, -0.15) is 0 Å². The van der Waals surface area contributed by atoms with Gasteiger partial charge in [0.15, 0.2) is 0 Å². The topological polar surface area (TPSA) is 86.8 Å². The molecule has 2 amide bonds. The highest BCUT2D eigenvalue weighted by Crippen LogP contribution is 2.30. The highest BCUT2D eigenvalue weighted by atomic mass is 35.5. The van der Waals surface area contributed by atoms with E-state index in [1.54, 1.807) is 51.1 Å². The predicted molar refractivity (Wildman–Crippen MR) is 147 cm³/mol. The van der Waals surface area contributed by atoms with E-state index in [0.717, 1.165) is 15.4 Å². The number of amides is 2. The Morgan fingerprint density at radius 3 is 2.24 bits per heavy atom. The van der Waals surface area contributed by atoms with E-state index in [0.29, 0.717) is 22.8 Å². The third-order valence-electron chi connectivity index (χ3n) is 6.04. The van der Waals surface area contributed by atoms with Crippen LogP contribution in [0.1, 0.15) is 30.5 Å². The van der Waals surface area contributed by atoms with Crippen LogP contribution in [0.25, 0.3) is 0 Å². The Morgan fingerprint density at radius 1 is 0.973 bits per heavy atom. The Morgan fingerprint density at radius 2 is 1.62 bits per heavy atom. The maximum Gasteiger partial charge on any atom is 0.264 e. The molecule has 1 N–H and O–H groups in total. The molecule has 0 aromatic heterocycles. The minimum atomic E-state index is -4.13. The molecular formula is C28H32ClN3O4S. The fraction of sp³-hybridized carbons (Fsp3) is 0.286. The Bertz CT molecular complexity index is 1350. The largest absolute Gasteiger partial charge is 0.355 e. The van der Waals surface area contributed by atoms with Crippen molar-refractivity contribution in [3.8, 4) is 0 Å². The van der Waals surface area contributed by atoms with Gasteiger partial charge in [0.25, 0.3) is 10.0 Å². The molecule has 0 aliphatic carbocycles. The van der Waals surface area contributed by atoms with Crippen molar-refractivity contribution in [3.63, 3.8) is 0 Å². The number of nitrogens with zero attached hydrogens (tertiary/aromatic N) is 2. The Labute approximate surface area is 224 Å². The molecule has 1 atom stereocenters. The van der Waals surface area contributed by atoms with Crippen molar-refractivity contribution in [2.24, 2.45) is 0 Å². The molecule has 0 bridgehead atoms. The smallest absolute Gasteiger partial charge is 0.264 e. The van der Waals surface area contributed by atoms with E-state index in [2.05, 4.69) is 5.32 Å². The lowest BCUT2D eigenvalue weighted by Gasteiger charge is -2.32. The molecule has 0 heterocycles. The van der Waals surface area contributed by atoms with Crippen molar-refractivity contribution in [1.29, 1.82) is 0 Å². The molecule has 3 aromatic rings. The zero-order valence-electron chi connectivity index (χ0n) is 21.4. The average Bonchev–Trinajstić information content (AvgIpc) is 2.88. The Hall–Kier alpha value is -3.36. The number of nitrogens with one attached hydrogen (secondary N) is 1. The molecule has 196 valence electrons. The van der Waals surface area contributed by atoms with Gasteiger partial charge < -0.3 is 10.2 Å². The number of anilines is 1. The van der Waals surface area contributed by atoms with Gasteiger partial charge >= 0.3 is 0 Å². The molecule has 0 aliphatic rings. The highest BCUT2D eigenvalue weighted by molar-refractivity contribution is 7.92. The summed E-state index contributed by atoms with van der Waals surface area (Å²) in [6.07, 6.45) is 0. The standard InChI is InChI=1S/C28H32ClN3O4S/c1-5-30-28(34)22(4)31(18-23-14-11-20(2)12-15-23)27(33)19-32(26-17-24(29)16-13-21(26)3)37(35,36)25-9-7-6-8-10-25/h6-17,22H,5,18-19H2,1-4H3,(H,30,34)/t22-/m1/s1. The number of aryl methyl sites for hydroxylation is 2. The summed E-state index contributed by atoms with van der Waals surface area (Å²) in [4.78, 5) is 28.0. The third-order valence-corrected chi connectivity index (χ3v) is 8.05. The van der Waals surface area contributed by atoms with Crippen LogP contribution in [0.5, 0.6) is 0 Å². The maximum atomic E-state index is 13.8. The van der Waals surface area contributed by atoms with E-state index in [1.165, 1.54) is 23.1 Å². The van der Waals surface area contributed by atoms with E-state index in [-0.39, 0.29) is 17.3 Å². The van der Waals surface area contributed by atoms with Crippen LogP contribution in [0, 0.1) is 13.8 Å². The van der Waals surface area contributed by atoms with Gasteiger partial charge in [-0.25, -0.2) is 8.42 Å². The first-order valence-electron chi connectivity index (χ1n) is 12.0. The number of carbonyl (C=O) groups excluding carboxylic acids is 2. The first-order chi connectivity index (χ1) is 17.5. The molecular weight excluding hydrogens is 510 g/mol. The molecule has 3 rings (SSSR count). The maximum absolute atomic E-state index is 13.8. The van der Waals surface area contributed by atoms with Gasteiger partial charge in [0.2, 0.25) is 11.8 Å². The quantitative estimate of drug-likeness (QED) is 0.403. The van der Waals surface area contributed by atoms with Crippen molar-refractivity contribution in [2.75, 3.05) is 17.4 Å². The normalized spacial score (nSPS) is 12.0. The zero-order valence-corrected chi connectivity index (χ0v) is 23.0. The van der Waals surface area contributed by atoms with Crippen molar-refractivity contribution in [3.05, 3.63) is 94.5 Å². The van der Waals surface area contributed by atoms with Gasteiger partial charge in [-0.1, -0.05) is 65.7 Å². The number of hydrogen-bond acceptors (Lipinski definition) is 4. The minimum absolute atomic E-state index is 0.0454. The number of likely N-dealkylation sites (N-methyl/N-ethyl adjacent to an activating group) is 1. The fourth-order valence-electron chi connectivity index (χ4n) is 3.88. The number of hydrogen-bond donors (Lipinski definition) is 1. The van der Waals surface area contributed by atoms with Gasteiger partial charge in [0.05, 0.1) is 10.6 Å². The summed E-state index contributed by atoms with van der Waals surface area (Å²) in [7, 11) is -4.13. The van der Waals surface area contributed by atoms with Gasteiger partial charge in [-0.05, 0) is 63.1 Å². The molecule has 9 heteroatoms. The SMILES string of the molecule is CCNC(=O)[C@@H](C)N(Cc1ccc(C)cc1)C(=O)CN(c1cc(Cl)ccc1C)S(=O)(=O)c1ccccc1. The second-order valence-corrected chi connectivity index (χ2v) is 11.1. The zero-order chi connectivity index (χ0) is 27.2. The lowest BCUT2D eigenvalue weighted by Crippen LogP contribution is -2.51. The number of halogens is 1. The summed E-state index contributed by atoms with van der Waals surface area (Å²) < 4.78 is 28.6. The van der Waals surface area contributed by atoms with Crippen molar-refractivity contribution in [1.82, 2.24) is 10.2 Å². The van der Waals surface area contributed by atoms with Crippen molar-refractivity contribution < 1.29 is 18.0 Å². The molecule has 7 nitrogen and oxygen atoms in total. The summed E-state index contributed by atoms with van der Waals surface area (Å²) in [6.45, 7) is 7.20. The number of benzene rings is 3. The summed E-state index contributed by atoms with van der Waals surface area (Å²) >= 11 is 6.23. The first-order valence-corrected chi connectivity index (χ1v) is 13.8. The minimum Gasteiger partial charge on any atom is -0.355 e. The molecule has 37 heavy (non-hydrogen) atoms. The van der Waals surface area contributed by atoms with E-state index in [4.69, 9.17) is 11.6 Å². The van der Waals surface area contributed by atoms with Crippen LogP contribution in [0.4, 0.5) is 5.69 Å². The molecule has 0 unspecified atom stereocenters. The van der Waals surface area contributed by atoms with Gasteiger partial charge in [-0.3, -0.25) is 13.9 Å². The summed E-state index contributed by atoms with van der Waals surface area (Å²) in [5.74, 6) is -0.836. The van der Waals surface area contributed by atoms with Crippen LogP contribution in [0.2, 0.25) is 5.02 Å². The fourth-order valence-corrected chi connectivity index (χ4v) is 5.54. The monoisotopic (exact) mass is 541 g/mol. The van der Waals surface area contributed by atoms with Crippen LogP contribution in [0.3, 0.4) is 0 Å². The van der Waals surface area contributed by atoms with E-state index >= 15 is 0 Å². The van der Waals surface area contributed by atoms with Crippen molar-refractivity contribution in [2.45, 2.75) is 45.2 Å². The molecule has 3 aromatic carbocycles. The molecule has 0 saturated heterocycles. The second kappa shape index (κ2) is 12.3. The van der Waals surface area contributed by atoms with Crippen LogP contribution < -0.4 is 9.62 Å². The summed E-state index contributed by atoms with van der Waals surface area (Å²) in [5, 5.41) is 3.09. The second-order valence-electron chi connectivity index (χ2n) is 8.83. The Balaban J connectivity index is 2.05. The van der Waals surface area contributed by atoms with Gasteiger partial charge in [0.1, 0.15) is 12.6 Å². The van der Waals surface area contributed by atoms with Crippen molar-refractivity contribution >= 4 is 39.1 Å². The van der Waals surface area contributed by atoms with E-state index < -0.39 is 28.5 Å². The van der Waals surface area contributed by atoms with Gasteiger partial charge in [-0.15, -0.1) is 0 Å². The Kier molecular flexibility index (Phi) is 9.34. The lowest BCUT2D eigenvalue weighted by molar-refractivity contribution is -0.139. The summed E-state index contributed by atoms with van der Waals surface area (Å²) in [5.41, 5.74) is 2.82. The van der Waals surface area contributed by atoms with E-state index in [9.17, 15) is 18.0 Å². The predicted octanol–water partition coefficient (Wildman–Crippen LogP) is 4.71. The highest BCUT2D eigenvalue weighted by Gasteiger charge is 2.33. The number of sulfonamides is 1. The van der Waals surface area contributed by atoms with Crippen LogP contribution in [-0.4, -0.2) is 44.3 Å². The molecule has 0 aliphatic heterocycles. The van der Waals surface area contributed by atoms with Crippen LogP contribution >= 0.6 is 11.6 Å². The number of rotatable bonds is 10. The van der Waals surface area contributed by atoms with Crippen LogP contribution in [0.15, 0.2) is 77.7 Å². The van der Waals surface area contributed by atoms with E-state index in [1.807, 2.05) is 31.2 Å². The average molecular weight is 542 g/mol. The lowest BCUT2D eigenvalue weighted by atomic mass is 10.1. The third kappa shape index (κ3) is 6.90. The van der Waals surface area contributed by atoms with Crippen LogP contribution in [-0.2, 0) is 26.2 Å². The molecule has 0 spiro atoms. The van der Waals surface area contributed by atoms with Gasteiger partial charge in [0, 0.05) is 18.1 Å². The molecule has 0 saturated carbocycles. The molecule has 0 fully saturated rings. The number of carbonyl (C=O) groups is 2. The molecule has 0 radical (unpaired) electrons.